The number of rotatable bonds is 3. The van der Waals surface area contributed by atoms with E-state index in [-0.39, 0.29) is 5.91 Å². The number of hydrogen-bond acceptors (Lipinski definition) is 1. The molecule has 0 bridgehead atoms. The lowest BCUT2D eigenvalue weighted by Gasteiger charge is -2.15. The monoisotopic (exact) mass is 304 g/mol. The lowest BCUT2D eigenvalue weighted by atomic mass is 10.1. The van der Waals surface area contributed by atoms with E-state index >= 15 is 0 Å². The fourth-order valence-corrected chi connectivity index (χ4v) is 3.53. The molecule has 0 saturated heterocycles. The summed E-state index contributed by atoms with van der Waals surface area (Å²) in [6.07, 6.45) is 3.52. The van der Waals surface area contributed by atoms with Crippen LogP contribution >= 0.6 is 0 Å². The van der Waals surface area contributed by atoms with Crippen LogP contribution in [0.5, 0.6) is 0 Å². The SMILES string of the molecule is Cn1cc(CCC(=O)N2Cc3ccccc3C2)c2ccccc21. The summed E-state index contributed by atoms with van der Waals surface area (Å²) in [7, 11) is 2.06. The van der Waals surface area contributed by atoms with Gasteiger partial charge in [0, 0.05) is 43.7 Å². The number of nitrogens with zero attached hydrogens (tertiary/aromatic N) is 2. The van der Waals surface area contributed by atoms with E-state index in [1.54, 1.807) is 0 Å². The molecular weight excluding hydrogens is 284 g/mol. The highest BCUT2D eigenvalue weighted by Gasteiger charge is 2.22. The molecule has 3 heteroatoms. The van der Waals surface area contributed by atoms with Crippen LogP contribution in [0.15, 0.2) is 54.7 Å². The molecule has 0 radical (unpaired) electrons. The Kier molecular flexibility index (Phi) is 3.41. The van der Waals surface area contributed by atoms with Crippen LogP contribution < -0.4 is 0 Å². The molecule has 2 aromatic carbocycles. The molecule has 1 aromatic heterocycles. The van der Waals surface area contributed by atoms with Gasteiger partial charge in [-0.2, -0.15) is 0 Å². The van der Waals surface area contributed by atoms with Crippen LogP contribution in [0.2, 0.25) is 0 Å². The fraction of sp³-hybridized carbons (Fsp3) is 0.250. The van der Waals surface area contributed by atoms with Gasteiger partial charge in [-0.25, -0.2) is 0 Å². The minimum atomic E-state index is 0.245. The van der Waals surface area contributed by atoms with Crippen LogP contribution in [0.1, 0.15) is 23.1 Å². The maximum absolute atomic E-state index is 12.5. The molecule has 1 amide bonds. The van der Waals surface area contributed by atoms with Gasteiger partial charge in [0.05, 0.1) is 0 Å². The zero-order chi connectivity index (χ0) is 15.8. The Bertz CT molecular complexity index is 853. The zero-order valence-corrected chi connectivity index (χ0v) is 13.3. The largest absolute Gasteiger partial charge is 0.350 e. The molecule has 0 aliphatic carbocycles. The maximum Gasteiger partial charge on any atom is 0.223 e. The van der Waals surface area contributed by atoms with Crippen LogP contribution in [0, 0.1) is 0 Å². The highest BCUT2D eigenvalue weighted by molar-refractivity contribution is 5.85. The molecule has 0 spiro atoms. The van der Waals surface area contributed by atoms with E-state index in [1.165, 1.54) is 27.6 Å². The lowest BCUT2D eigenvalue weighted by molar-refractivity contribution is -0.131. The number of carbonyl (C=O) groups excluding carboxylic acids is 1. The number of para-hydroxylation sites is 1. The second-order valence-electron chi connectivity index (χ2n) is 6.30. The molecule has 0 N–H and O–H groups in total. The lowest BCUT2D eigenvalue weighted by Crippen LogP contribution is -2.25. The molecule has 0 unspecified atom stereocenters. The number of aryl methyl sites for hydroxylation is 2. The van der Waals surface area contributed by atoms with Crippen molar-refractivity contribution in [2.45, 2.75) is 25.9 Å². The van der Waals surface area contributed by atoms with Crippen LogP contribution in [0.3, 0.4) is 0 Å². The highest BCUT2D eigenvalue weighted by Crippen LogP contribution is 2.25. The summed E-state index contributed by atoms with van der Waals surface area (Å²) in [6, 6.07) is 16.7. The van der Waals surface area contributed by atoms with Crippen LogP contribution in [0.25, 0.3) is 10.9 Å². The van der Waals surface area contributed by atoms with E-state index in [2.05, 4.69) is 54.2 Å². The van der Waals surface area contributed by atoms with Crippen molar-refractivity contribution in [1.29, 1.82) is 0 Å². The first-order chi connectivity index (χ1) is 11.2. The summed E-state index contributed by atoms with van der Waals surface area (Å²) in [5.74, 6) is 0.245. The predicted octanol–water partition coefficient (Wildman–Crippen LogP) is 3.65. The van der Waals surface area contributed by atoms with Crippen LogP contribution in [-0.4, -0.2) is 15.4 Å². The average Bonchev–Trinajstić information content (AvgIpc) is 3.15. The third-order valence-electron chi connectivity index (χ3n) is 4.78. The van der Waals surface area contributed by atoms with Crippen molar-refractivity contribution >= 4 is 16.8 Å². The summed E-state index contributed by atoms with van der Waals surface area (Å²) >= 11 is 0. The van der Waals surface area contributed by atoms with E-state index in [9.17, 15) is 4.79 Å². The number of aromatic nitrogens is 1. The number of fused-ring (bicyclic) bond motifs is 2. The van der Waals surface area contributed by atoms with Gasteiger partial charge < -0.3 is 9.47 Å². The third-order valence-corrected chi connectivity index (χ3v) is 4.78. The van der Waals surface area contributed by atoms with Gasteiger partial charge in [-0.1, -0.05) is 42.5 Å². The molecule has 0 fully saturated rings. The van der Waals surface area contributed by atoms with Gasteiger partial charge in [0.2, 0.25) is 5.91 Å². The number of benzene rings is 2. The molecule has 3 nitrogen and oxygen atoms in total. The first kappa shape index (κ1) is 14.1. The Morgan fingerprint density at radius 2 is 1.65 bits per heavy atom. The summed E-state index contributed by atoms with van der Waals surface area (Å²) in [5, 5.41) is 1.26. The summed E-state index contributed by atoms with van der Waals surface area (Å²) < 4.78 is 2.14. The van der Waals surface area contributed by atoms with Gasteiger partial charge in [0.1, 0.15) is 0 Å². The molecule has 4 rings (SSSR count). The van der Waals surface area contributed by atoms with E-state index in [0.29, 0.717) is 6.42 Å². The first-order valence-electron chi connectivity index (χ1n) is 8.10. The smallest absolute Gasteiger partial charge is 0.223 e. The van der Waals surface area contributed by atoms with Gasteiger partial charge in [-0.3, -0.25) is 4.79 Å². The number of amides is 1. The molecule has 0 atom stereocenters. The Hall–Kier alpha value is -2.55. The maximum atomic E-state index is 12.5. The normalized spacial score (nSPS) is 13.5. The minimum Gasteiger partial charge on any atom is -0.350 e. The van der Waals surface area contributed by atoms with Crippen molar-refractivity contribution in [3.05, 3.63) is 71.4 Å². The van der Waals surface area contributed by atoms with Crippen LogP contribution in [0.4, 0.5) is 0 Å². The summed E-state index contributed by atoms with van der Waals surface area (Å²) in [5.41, 5.74) is 5.05. The second-order valence-corrected chi connectivity index (χ2v) is 6.30. The Balaban J connectivity index is 1.46. The molecule has 1 aliphatic rings. The number of hydrogen-bond donors (Lipinski definition) is 0. The Morgan fingerprint density at radius 3 is 2.39 bits per heavy atom. The third kappa shape index (κ3) is 2.52. The topological polar surface area (TPSA) is 25.2 Å². The van der Waals surface area contributed by atoms with E-state index < -0.39 is 0 Å². The van der Waals surface area contributed by atoms with Crippen LogP contribution in [-0.2, 0) is 31.4 Å². The average molecular weight is 304 g/mol. The van der Waals surface area contributed by atoms with Crippen molar-refractivity contribution in [2.24, 2.45) is 7.05 Å². The molecular formula is C20H20N2O. The van der Waals surface area contributed by atoms with E-state index in [1.807, 2.05) is 17.0 Å². The van der Waals surface area contributed by atoms with Gasteiger partial charge in [0.15, 0.2) is 0 Å². The molecule has 1 aliphatic heterocycles. The number of carbonyl (C=O) groups is 1. The quantitative estimate of drug-likeness (QED) is 0.725. The predicted molar refractivity (Wildman–Crippen MR) is 91.9 cm³/mol. The molecule has 0 saturated carbocycles. The van der Waals surface area contributed by atoms with Gasteiger partial charge in [0.25, 0.3) is 0 Å². The first-order valence-corrected chi connectivity index (χ1v) is 8.10. The van der Waals surface area contributed by atoms with Crippen molar-refractivity contribution < 1.29 is 4.79 Å². The van der Waals surface area contributed by atoms with Gasteiger partial charge in [-0.15, -0.1) is 0 Å². The van der Waals surface area contributed by atoms with Crippen molar-refractivity contribution in [3.8, 4) is 0 Å². The molecule has 3 aromatic rings. The van der Waals surface area contributed by atoms with Crippen molar-refractivity contribution in [1.82, 2.24) is 9.47 Å². The molecule has 116 valence electrons. The second kappa shape index (κ2) is 5.58. The Labute approximate surface area is 136 Å². The van der Waals surface area contributed by atoms with Gasteiger partial charge >= 0.3 is 0 Å². The summed E-state index contributed by atoms with van der Waals surface area (Å²) in [4.78, 5) is 14.5. The fourth-order valence-electron chi connectivity index (χ4n) is 3.53. The minimum absolute atomic E-state index is 0.245. The highest BCUT2D eigenvalue weighted by atomic mass is 16.2. The Morgan fingerprint density at radius 1 is 1.00 bits per heavy atom. The zero-order valence-electron chi connectivity index (χ0n) is 13.3. The van der Waals surface area contributed by atoms with Crippen molar-refractivity contribution in [3.63, 3.8) is 0 Å². The van der Waals surface area contributed by atoms with E-state index in [4.69, 9.17) is 0 Å². The van der Waals surface area contributed by atoms with Crippen molar-refractivity contribution in [2.75, 3.05) is 0 Å². The molecule has 2 heterocycles. The summed E-state index contributed by atoms with van der Waals surface area (Å²) in [6.45, 7) is 1.51. The van der Waals surface area contributed by atoms with Gasteiger partial charge in [-0.05, 0) is 29.2 Å². The standard InChI is InChI=1S/C20H20N2O/c1-21-12-17(18-8-4-5-9-19(18)21)10-11-20(23)22-13-15-6-2-3-7-16(15)14-22/h2-9,12H,10-11,13-14H2,1H3. The van der Waals surface area contributed by atoms with E-state index in [0.717, 1.165) is 19.5 Å². The molecule has 23 heavy (non-hydrogen) atoms.